The first-order chi connectivity index (χ1) is 11.1. The van der Waals surface area contributed by atoms with Gasteiger partial charge in [-0.1, -0.05) is 44.8 Å². The van der Waals surface area contributed by atoms with Crippen LogP contribution >= 0.6 is 0 Å². The zero-order valence-electron chi connectivity index (χ0n) is 14.5. The summed E-state index contributed by atoms with van der Waals surface area (Å²) in [7, 11) is 1.41. The van der Waals surface area contributed by atoms with Crippen LogP contribution in [0.3, 0.4) is 0 Å². The van der Waals surface area contributed by atoms with Crippen molar-refractivity contribution in [3.63, 3.8) is 0 Å². The molecule has 4 heteroatoms. The predicted molar refractivity (Wildman–Crippen MR) is 92.2 cm³/mol. The highest BCUT2D eigenvalue weighted by molar-refractivity contribution is 5.91. The van der Waals surface area contributed by atoms with E-state index in [1.165, 1.54) is 19.3 Å². The van der Waals surface area contributed by atoms with Crippen LogP contribution < -0.4 is 0 Å². The Morgan fingerprint density at radius 1 is 0.739 bits per heavy atom. The maximum atomic E-state index is 11.6. The quantitative estimate of drug-likeness (QED) is 0.207. The largest absolute Gasteiger partial charge is 0.469 e. The number of carbonyl (C=O) groups excluding carboxylic acids is 3. The maximum Gasteiger partial charge on any atom is 0.305 e. The second-order valence-corrected chi connectivity index (χ2v) is 5.60. The van der Waals surface area contributed by atoms with Gasteiger partial charge < -0.3 is 4.74 Å². The minimum Gasteiger partial charge on any atom is -0.469 e. The fourth-order valence-electron chi connectivity index (χ4n) is 2.12. The molecular weight excluding hydrogens is 292 g/mol. The molecule has 0 atom stereocenters. The van der Waals surface area contributed by atoms with Crippen molar-refractivity contribution in [2.75, 3.05) is 7.11 Å². The number of allylic oxidation sites excluding steroid dienone is 4. The van der Waals surface area contributed by atoms with Crippen LogP contribution in [-0.4, -0.2) is 24.6 Å². The van der Waals surface area contributed by atoms with Crippen molar-refractivity contribution in [2.45, 2.75) is 71.1 Å². The van der Waals surface area contributed by atoms with Crippen LogP contribution in [-0.2, 0) is 19.1 Å². The molecule has 0 aliphatic carbocycles. The third-order valence-corrected chi connectivity index (χ3v) is 3.45. The summed E-state index contributed by atoms with van der Waals surface area (Å²) in [5, 5.41) is 0. The molecule has 0 aromatic carbocycles. The predicted octanol–water partition coefficient (Wildman–Crippen LogP) is 4.33. The van der Waals surface area contributed by atoms with E-state index in [2.05, 4.69) is 4.74 Å². The smallest absolute Gasteiger partial charge is 0.305 e. The number of ether oxygens (including phenoxy) is 1. The van der Waals surface area contributed by atoms with E-state index in [9.17, 15) is 14.4 Å². The minimum absolute atomic E-state index is 0.0943. The Hall–Kier alpha value is -1.71. The topological polar surface area (TPSA) is 60.4 Å². The first kappa shape index (κ1) is 21.3. The molecule has 0 saturated heterocycles. The summed E-state index contributed by atoms with van der Waals surface area (Å²) in [6.07, 6.45) is 14.8. The first-order valence-corrected chi connectivity index (χ1v) is 8.57. The number of rotatable bonds is 14. The van der Waals surface area contributed by atoms with Gasteiger partial charge in [-0.25, -0.2) is 0 Å². The van der Waals surface area contributed by atoms with Crippen LogP contribution in [0.25, 0.3) is 0 Å². The van der Waals surface area contributed by atoms with E-state index in [4.69, 9.17) is 0 Å². The van der Waals surface area contributed by atoms with Crippen molar-refractivity contribution in [2.24, 2.45) is 0 Å². The number of hydrogen-bond acceptors (Lipinski definition) is 4. The number of ketones is 2. The molecule has 0 aromatic rings. The Labute approximate surface area is 140 Å². The number of methoxy groups -OCH3 is 1. The van der Waals surface area contributed by atoms with Gasteiger partial charge in [-0.2, -0.15) is 0 Å². The van der Waals surface area contributed by atoms with Crippen molar-refractivity contribution >= 4 is 17.5 Å². The number of carbonyl (C=O) groups is 3. The molecule has 0 amide bonds. The Balaban J connectivity index is 3.53. The summed E-state index contributed by atoms with van der Waals surface area (Å²) in [5.41, 5.74) is 0. The SMILES string of the molecule is CCCC(=O)C=CC=CC(=O)CCCCCCCCC(=O)OC. The van der Waals surface area contributed by atoms with E-state index >= 15 is 0 Å². The molecule has 0 spiro atoms. The fraction of sp³-hybridized carbons (Fsp3) is 0.632. The molecule has 0 N–H and O–H groups in total. The number of unbranched alkanes of at least 4 members (excludes halogenated alkanes) is 5. The standard InChI is InChI=1S/C19H30O4/c1-3-12-17(20)14-10-11-15-18(21)13-8-6-4-5-7-9-16-19(22)23-2/h10-11,14-15H,3-9,12-13,16H2,1-2H3. The minimum atomic E-state index is -0.146. The monoisotopic (exact) mass is 322 g/mol. The second-order valence-electron chi connectivity index (χ2n) is 5.60. The summed E-state index contributed by atoms with van der Waals surface area (Å²) in [5.74, 6) is 0.0490. The lowest BCUT2D eigenvalue weighted by atomic mass is 10.1. The van der Waals surface area contributed by atoms with Crippen molar-refractivity contribution in [1.29, 1.82) is 0 Å². The normalized spacial score (nSPS) is 11.2. The van der Waals surface area contributed by atoms with Gasteiger partial charge in [0.2, 0.25) is 0 Å². The van der Waals surface area contributed by atoms with Crippen molar-refractivity contribution in [1.82, 2.24) is 0 Å². The van der Waals surface area contributed by atoms with Gasteiger partial charge in [0.1, 0.15) is 0 Å². The maximum absolute atomic E-state index is 11.6. The Morgan fingerprint density at radius 2 is 1.22 bits per heavy atom. The van der Waals surface area contributed by atoms with Crippen LogP contribution in [0, 0.1) is 0 Å². The highest BCUT2D eigenvalue weighted by atomic mass is 16.5. The fourth-order valence-corrected chi connectivity index (χ4v) is 2.12. The van der Waals surface area contributed by atoms with Crippen molar-refractivity contribution in [3.8, 4) is 0 Å². The van der Waals surface area contributed by atoms with E-state index < -0.39 is 0 Å². The van der Waals surface area contributed by atoms with Gasteiger partial charge >= 0.3 is 5.97 Å². The lowest BCUT2D eigenvalue weighted by Crippen LogP contribution is -1.99. The lowest BCUT2D eigenvalue weighted by Gasteiger charge is -2.01. The van der Waals surface area contributed by atoms with Crippen LogP contribution in [0.5, 0.6) is 0 Å². The zero-order valence-corrected chi connectivity index (χ0v) is 14.5. The van der Waals surface area contributed by atoms with E-state index in [0.29, 0.717) is 19.3 Å². The van der Waals surface area contributed by atoms with Crippen molar-refractivity contribution in [3.05, 3.63) is 24.3 Å². The summed E-state index contributed by atoms with van der Waals surface area (Å²) in [4.78, 5) is 33.7. The third-order valence-electron chi connectivity index (χ3n) is 3.45. The number of esters is 1. The Morgan fingerprint density at radius 3 is 1.74 bits per heavy atom. The van der Waals surface area contributed by atoms with Crippen LogP contribution in [0.1, 0.15) is 71.1 Å². The second kappa shape index (κ2) is 15.2. The van der Waals surface area contributed by atoms with Gasteiger partial charge in [0.25, 0.3) is 0 Å². The van der Waals surface area contributed by atoms with Crippen LogP contribution in [0.4, 0.5) is 0 Å². The molecule has 0 saturated carbocycles. The van der Waals surface area contributed by atoms with Gasteiger partial charge in [-0.15, -0.1) is 0 Å². The molecule has 4 nitrogen and oxygen atoms in total. The first-order valence-electron chi connectivity index (χ1n) is 8.57. The lowest BCUT2D eigenvalue weighted by molar-refractivity contribution is -0.140. The summed E-state index contributed by atoms with van der Waals surface area (Å²) >= 11 is 0. The van der Waals surface area contributed by atoms with Gasteiger partial charge in [0, 0.05) is 19.3 Å². The molecule has 0 aliphatic heterocycles. The van der Waals surface area contributed by atoms with E-state index in [1.807, 2.05) is 6.92 Å². The van der Waals surface area contributed by atoms with Gasteiger partial charge in [0.15, 0.2) is 11.6 Å². The molecule has 130 valence electrons. The summed E-state index contributed by atoms with van der Waals surface area (Å²) in [6.45, 7) is 1.96. The van der Waals surface area contributed by atoms with E-state index in [-0.39, 0.29) is 17.5 Å². The number of hydrogen-bond donors (Lipinski definition) is 0. The van der Waals surface area contributed by atoms with Crippen LogP contribution in [0.2, 0.25) is 0 Å². The zero-order chi connectivity index (χ0) is 17.3. The molecule has 0 heterocycles. The molecular formula is C19H30O4. The van der Waals surface area contributed by atoms with Gasteiger partial charge in [-0.05, 0) is 31.4 Å². The van der Waals surface area contributed by atoms with E-state index in [1.54, 1.807) is 12.2 Å². The molecule has 0 unspecified atom stereocenters. The summed E-state index contributed by atoms with van der Waals surface area (Å²) < 4.78 is 4.58. The molecule has 0 radical (unpaired) electrons. The molecule has 0 rings (SSSR count). The Kier molecular flexibility index (Phi) is 14.1. The van der Waals surface area contributed by atoms with Gasteiger partial charge in [-0.3, -0.25) is 14.4 Å². The average molecular weight is 322 g/mol. The molecule has 0 aliphatic rings. The highest BCUT2D eigenvalue weighted by Crippen LogP contribution is 2.09. The van der Waals surface area contributed by atoms with E-state index in [0.717, 1.165) is 44.9 Å². The average Bonchev–Trinajstić information content (AvgIpc) is 2.54. The Bertz CT molecular complexity index is 408. The molecule has 0 aromatic heterocycles. The molecule has 0 bridgehead atoms. The molecule has 0 fully saturated rings. The summed E-state index contributed by atoms with van der Waals surface area (Å²) in [6, 6.07) is 0. The van der Waals surface area contributed by atoms with Crippen molar-refractivity contribution < 1.29 is 19.1 Å². The highest BCUT2D eigenvalue weighted by Gasteiger charge is 2.00. The van der Waals surface area contributed by atoms with Gasteiger partial charge in [0.05, 0.1) is 7.11 Å². The van der Waals surface area contributed by atoms with Crippen LogP contribution in [0.15, 0.2) is 24.3 Å². The molecule has 23 heavy (non-hydrogen) atoms. The third kappa shape index (κ3) is 15.0.